The van der Waals surface area contributed by atoms with E-state index in [1.807, 2.05) is 6.07 Å². The maximum absolute atomic E-state index is 8.64. The lowest BCUT2D eigenvalue weighted by molar-refractivity contribution is 0.476. The van der Waals surface area contributed by atoms with Gasteiger partial charge >= 0.3 is 0 Å². The number of hydrogen-bond acceptors (Lipinski definition) is 2. The van der Waals surface area contributed by atoms with E-state index in [1.165, 1.54) is 0 Å². The summed E-state index contributed by atoms with van der Waals surface area (Å²) in [4.78, 5) is 0. The Morgan fingerprint density at radius 1 is 1.58 bits per heavy atom. The fourth-order valence-electron chi connectivity index (χ4n) is 0.824. The first-order valence-electron chi connectivity index (χ1n) is 3.28. The predicted molar refractivity (Wildman–Crippen MR) is 47.7 cm³/mol. The second-order valence-electron chi connectivity index (χ2n) is 2.16. The molecule has 0 spiro atoms. The topological polar surface area (TPSA) is 44.0 Å². The molecule has 1 rings (SSSR count). The van der Waals surface area contributed by atoms with Gasteiger partial charge in [-0.3, -0.25) is 0 Å². The third-order valence-corrected chi connectivity index (χ3v) is 1.62. The highest BCUT2D eigenvalue weighted by Crippen LogP contribution is 2.17. The first-order chi connectivity index (χ1) is 5.77. The van der Waals surface area contributed by atoms with Gasteiger partial charge in [-0.1, -0.05) is 23.7 Å². The Labute approximate surface area is 75.3 Å². The summed E-state index contributed by atoms with van der Waals surface area (Å²) < 4.78 is 0. The van der Waals surface area contributed by atoms with E-state index >= 15 is 0 Å². The summed E-state index contributed by atoms with van der Waals surface area (Å²) in [6, 6.07) is 8.60. The normalized spacial score (nSPS) is 10.8. The highest BCUT2D eigenvalue weighted by molar-refractivity contribution is 6.30. The van der Waals surface area contributed by atoms with Crippen LogP contribution in [0.1, 0.15) is 5.56 Å². The minimum absolute atomic E-state index is 0.206. The Morgan fingerprint density at radius 3 is 2.83 bits per heavy atom. The van der Waals surface area contributed by atoms with Crippen molar-refractivity contribution in [3.05, 3.63) is 41.1 Å². The fourth-order valence-corrected chi connectivity index (χ4v) is 1.01. The number of aliphatic hydroxyl groups excluding tert-OH is 1. The third kappa shape index (κ3) is 1.77. The molecule has 3 heteroatoms. The molecule has 0 fully saturated rings. The summed E-state index contributed by atoms with van der Waals surface area (Å²) in [5, 5.41) is 17.7. The van der Waals surface area contributed by atoms with Crippen molar-refractivity contribution in [1.29, 1.82) is 5.26 Å². The van der Waals surface area contributed by atoms with Crippen molar-refractivity contribution < 1.29 is 5.11 Å². The number of aliphatic hydroxyl groups is 1. The number of halogens is 1. The summed E-state index contributed by atoms with van der Waals surface area (Å²) in [7, 11) is 0. The van der Waals surface area contributed by atoms with Crippen molar-refractivity contribution in [2.75, 3.05) is 0 Å². The van der Waals surface area contributed by atoms with Crippen molar-refractivity contribution >= 4 is 17.2 Å². The van der Waals surface area contributed by atoms with E-state index in [0.717, 1.165) is 6.26 Å². The van der Waals surface area contributed by atoms with E-state index in [2.05, 4.69) is 0 Å². The standard InChI is InChI=1S/C9H6ClNO/c10-9-3-1-2-7(4-9)8(5-11)6-12/h1-4,6,12H/b8-6+. The van der Waals surface area contributed by atoms with Gasteiger partial charge < -0.3 is 5.11 Å². The predicted octanol–water partition coefficient (Wildman–Crippen LogP) is 2.76. The molecular formula is C9H6ClNO. The summed E-state index contributed by atoms with van der Waals surface area (Å²) in [6.07, 6.45) is 0.770. The van der Waals surface area contributed by atoms with Gasteiger partial charge in [-0.05, 0) is 17.7 Å². The van der Waals surface area contributed by atoms with Crippen molar-refractivity contribution in [1.82, 2.24) is 0 Å². The van der Waals surface area contributed by atoms with Crippen LogP contribution >= 0.6 is 11.6 Å². The molecule has 0 radical (unpaired) electrons. The van der Waals surface area contributed by atoms with Crippen LogP contribution in [0.15, 0.2) is 30.5 Å². The van der Waals surface area contributed by atoms with Crippen LogP contribution in [0, 0.1) is 11.3 Å². The van der Waals surface area contributed by atoms with Crippen molar-refractivity contribution in [2.45, 2.75) is 0 Å². The summed E-state index contributed by atoms with van der Waals surface area (Å²) >= 11 is 5.68. The van der Waals surface area contributed by atoms with Gasteiger partial charge in [0.2, 0.25) is 0 Å². The van der Waals surface area contributed by atoms with Gasteiger partial charge in [0.15, 0.2) is 0 Å². The molecule has 1 aromatic carbocycles. The highest BCUT2D eigenvalue weighted by Gasteiger charge is 1.99. The molecule has 0 bridgehead atoms. The SMILES string of the molecule is N#C/C(=C\O)c1cccc(Cl)c1. The van der Waals surface area contributed by atoms with E-state index in [-0.39, 0.29) is 5.57 Å². The second kappa shape index (κ2) is 3.80. The number of hydrogen-bond donors (Lipinski definition) is 1. The van der Waals surface area contributed by atoms with E-state index in [1.54, 1.807) is 24.3 Å². The molecule has 1 N–H and O–H groups in total. The molecule has 12 heavy (non-hydrogen) atoms. The molecule has 0 aliphatic heterocycles. The van der Waals surface area contributed by atoms with Crippen LogP contribution in [0.25, 0.3) is 5.57 Å². The third-order valence-electron chi connectivity index (χ3n) is 1.39. The molecule has 0 saturated heterocycles. The molecule has 0 aromatic heterocycles. The molecule has 0 aliphatic rings. The lowest BCUT2D eigenvalue weighted by Gasteiger charge is -1.96. The van der Waals surface area contributed by atoms with Crippen molar-refractivity contribution in [2.24, 2.45) is 0 Å². The van der Waals surface area contributed by atoms with Gasteiger partial charge in [-0.2, -0.15) is 5.26 Å². The molecule has 0 unspecified atom stereocenters. The minimum atomic E-state index is 0.206. The molecule has 2 nitrogen and oxygen atoms in total. The fraction of sp³-hybridized carbons (Fsp3) is 0. The van der Waals surface area contributed by atoms with Crippen LogP contribution in [0.4, 0.5) is 0 Å². The quantitative estimate of drug-likeness (QED) is 0.532. The largest absolute Gasteiger partial charge is 0.514 e. The summed E-state index contributed by atoms with van der Waals surface area (Å²) in [5.41, 5.74) is 0.824. The first kappa shape index (κ1) is 8.63. The highest BCUT2D eigenvalue weighted by atomic mass is 35.5. The Balaban J connectivity index is 3.13. The van der Waals surface area contributed by atoms with Crippen LogP contribution in [0.5, 0.6) is 0 Å². The Bertz CT molecular complexity index is 352. The van der Waals surface area contributed by atoms with Crippen molar-refractivity contribution in [3.63, 3.8) is 0 Å². The number of nitrogens with zero attached hydrogens (tertiary/aromatic N) is 1. The van der Waals surface area contributed by atoms with Crippen LogP contribution in [-0.2, 0) is 0 Å². The maximum Gasteiger partial charge on any atom is 0.103 e. The van der Waals surface area contributed by atoms with Gasteiger partial charge in [0, 0.05) is 5.02 Å². The molecule has 0 saturated carbocycles. The van der Waals surface area contributed by atoms with Gasteiger partial charge in [0.05, 0.1) is 11.8 Å². The zero-order valence-electron chi connectivity index (χ0n) is 6.16. The number of allylic oxidation sites excluding steroid dienone is 1. The lowest BCUT2D eigenvalue weighted by Crippen LogP contribution is -1.80. The molecule has 0 atom stereocenters. The zero-order chi connectivity index (χ0) is 8.97. The first-order valence-corrected chi connectivity index (χ1v) is 3.66. The van der Waals surface area contributed by atoms with E-state index in [0.29, 0.717) is 10.6 Å². The average Bonchev–Trinajstić information content (AvgIpc) is 2.07. The summed E-state index contributed by atoms with van der Waals surface area (Å²) in [5.74, 6) is 0. The second-order valence-corrected chi connectivity index (χ2v) is 2.60. The number of nitriles is 1. The van der Waals surface area contributed by atoms with Crippen LogP contribution in [0.2, 0.25) is 5.02 Å². The van der Waals surface area contributed by atoms with E-state index in [9.17, 15) is 0 Å². The summed E-state index contributed by atoms with van der Waals surface area (Å²) in [6.45, 7) is 0. The molecular weight excluding hydrogens is 174 g/mol. The minimum Gasteiger partial charge on any atom is -0.514 e. The molecule has 0 amide bonds. The van der Waals surface area contributed by atoms with Crippen LogP contribution in [0.3, 0.4) is 0 Å². The number of rotatable bonds is 1. The maximum atomic E-state index is 8.64. The van der Waals surface area contributed by atoms with E-state index < -0.39 is 0 Å². The van der Waals surface area contributed by atoms with Crippen LogP contribution in [-0.4, -0.2) is 5.11 Å². The Kier molecular flexibility index (Phi) is 2.73. The molecule has 0 aliphatic carbocycles. The lowest BCUT2D eigenvalue weighted by atomic mass is 10.1. The zero-order valence-corrected chi connectivity index (χ0v) is 6.92. The van der Waals surface area contributed by atoms with Gasteiger partial charge in [-0.15, -0.1) is 0 Å². The molecule has 0 heterocycles. The van der Waals surface area contributed by atoms with Gasteiger partial charge in [0.1, 0.15) is 6.07 Å². The van der Waals surface area contributed by atoms with Crippen molar-refractivity contribution in [3.8, 4) is 6.07 Å². The number of benzene rings is 1. The van der Waals surface area contributed by atoms with E-state index in [4.69, 9.17) is 22.0 Å². The molecule has 60 valence electrons. The van der Waals surface area contributed by atoms with Gasteiger partial charge in [0.25, 0.3) is 0 Å². The average molecular weight is 180 g/mol. The van der Waals surface area contributed by atoms with Gasteiger partial charge in [-0.25, -0.2) is 0 Å². The smallest absolute Gasteiger partial charge is 0.103 e. The monoisotopic (exact) mass is 179 g/mol. The Hall–Kier alpha value is -1.46. The van der Waals surface area contributed by atoms with Crippen LogP contribution < -0.4 is 0 Å². The molecule has 1 aromatic rings. The Morgan fingerprint density at radius 2 is 2.33 bits per heavy atom.